The molecule has 0 unspecified atom stereocenters. The Kier molecular flexibility index (Phi) is 5.78. The molecule has 2 aliphatic heterocycles. The number of amides is 3. The third kappa shape index (κ3) is 4.58. The number of hydrogen-bond donors (Lipinski definition) is 2. The van der Waals surface area contributed by atoms with E-state index in [2.05, 4.69) is 20.8 Å². The van der Waals surface area contributed by atoms with Gasteiger partial charge in [-0.3, -0.25) is 4.79 Å². The molecule has 0 radical (unpaired) electrons. The molecule has 0 atom stereocenters. The predicted molar refractivity (Wildman–Crippen MR) is 119 cm³/mol. The van der Waals surface area contributed by atoms with Crippen LogP contribution in [-0.2, 0) is 0 Å². The maximum absolute atomic E-state index is 13.8. The Balaban J connectivity index is 1.15. The lowest BCUT2D eigenvalue weighted by Crippen LogP contribution is -2.40. The van der Waals surface area contributed by atoms with Crippen molar-refractivity contribution in [2.45, 2.75) is 18.8 Å². The van der Waals surface area contributed by atoms with Gasteiger partial charge in [-0.2, -0.15) is 0 Å². The number of para-hydroxylation sites is 1. The van der Waals surface area contributed by atoms with Crippen molar-refractivity contribution in [3.63, 3.8) is 0 Å². The Morgan fingerprint density at radius 3 is 2.64 bits per heavy atom. The summed E-state index contributed by atoms with van der Waals surface area (Å²) in [7, 11) is 0. The van der Waals surface area contributed by atoms with Crippen LogP contribution in [0.25, 0.3) is 0 Å². The van der Waals surface area contributed by atoms with Crippen LogP contribution >= 0.6 is 11.3 Å². The third-order valence-corrected chi connectivity index (χ3v) is 6.60. The van der Waals surface area contributed by atoms with Gasteiger partial charge in [-0.15, -0.1) is 10.2 Å². The topological polar surface area (TPSA) is 106 Å². The first kappa shape index (κ1) is 21.1. The van der Waals surface area contributed by atoms with Crippen molar-refractivity contribution in [3.05, 3.63) is 58.3 Å². The van der Waals surface area contributed by atoms with Crippen LogP contribution in [0.4, 0.5) is 20.6 Å². The molecule has 2 aromatic carbocycles. The quantitative estimate of drug-likeness (QED) is 0.597. The third-order valence-electron chi connectivity index (χ3n) is 5.51. The Bertz CT molecular complexity index is 1200. The Hall–Kier alpha value is -3.73. The molecule has 11 heteroatoms. The number of ether oxygens (including phenoxy) is 2. The number of urea groups is 1. The normalized spacial score (nSPS) is 15.4. The fourth-order valence-corrected chi connectivity index (χ4v) is 4.64. The predicted octanol–water partition coefficient (Wildman–Crippen LogP) is 4.07. The molecule has 5 rings (SSSR count). The van der Waals surface area contributed by atoms with Crippen LogP contribution in [0.2, 0.25) is 0 Å². The zero-order chi connectivity index (χ0) is 22.8. The Labute approximate surface area is 192 Å². The number of carbonyl (C=O) groups is 2. The standard InChI is InChI=1S/C22H20FN5O4S/c23-15-3-1-2-4-16(15)25-19(29)21-27-26-20(33-21)13-7-9-28(10-8-13)22(30)24-14-5-6-17-18(11-14)32-12-31-17/h1-6,11,13H,7-10,12H2,(H,24,30)(H,25,29). The van der Waals surface area contributed by atoms with E-state index in [4.69, 9.17) is 9.47 Å². The average molecular weight is 469 g/mol. The molecule has 9 nitrogen and oxygen atoms in total. The van der Waals surface area contributed by atoms with Crippen LogP contribution in [-0.4, -0.2) is 46.9 Å². The number of benzene rings is 2. The average Bonchev–Trinajstić information content (AvgIpc) is 3.50. The second kappa shape index (κ2) is 9.02. The summed E-state index contributed by atoms with van der Waals surface area (Å²) >= 11 is 1.19. The fourth-order valence-electron chi connectivity index (χ4n) is 3.74. The molecule has 1 saturated heterocycles. The SMILES string of the molecule is O=C(Nc1ccccc1F)c1nnc(C2CCN(C(=O)Nc3ccc4c(c3)OCO4)CC2)s1. The molecule has 2 N–H and O–H groups in total. The van der Waals surface area contributed by atoms with Crippen molar-refractivity contribution in [1.29, 1.82) is 0 Å². The molecule has 0 bridgehead atoms. The van der Waals surface area contributed by atoms with Gasteiger partial charge >= 0.3 is 6.03 Å². The molecule has 3 amide bonds. The summed E-state index contributed by atoms with van der Waals surface area (Å²) in [5.74, 6) is 0.365. The highest BCUT2D eigenvalue weighted by molar-refractivity contribution is 7.13. The summed E-state index contributed by atoms with van der Waals surface area (Å²) in [5.41, 5.74) is 0.738. The first-order valence-electron chi connectivity index (χ1n) is 10.4. The van der Waals surface area contributed by atoms with Gasteiger partial charge in [-0.05, 0) is 37.1 Å². The number of aromatic nitrogens is 2. The van der Waals surface area contributed by atoms with Gasteiger partial charge in [0.25, 0.3) is 5.91 Å². The van der Waals surface area contributed by atoms with Crippen LogP contribution in [0.3, 0.4) is 0 Å². The number of hydrogen-bond acceptors (Lipinski definition) is 7. The van der Waals surface area contributed by atoms with Crippen molar-refractivity contribution < 1.29 is 23.5 Å². The Morgan fingerprint density at radius 1 is 1.03 bits per heavy atom. The van der Waals surface area contributed by atoms with E-state index in [0.29, 0.717) is 43.1 Å². The minimum absolute atomic E-state index is 0.0982. The fraction of sp³-hybridized carbons (Fsp3) is 0.273. The number of anilines is 2. The minimum Gasteiger partial charge on any atom is -0.454 e. The van der Waals surface area contributed by atoms with Crippen molar-refractivity contribution in [3.8, 4) is 11.5 Å². The molecule has 170 valence electrons. The van der Waals surface area contributed by atoms with Crippen LogP contribution in [0.5, 0.6) is 11.5 Å². The number of rotatable bonds is 4. The van der Waals surface area contributed by atoms with E-state index in [9.17, 15) is 14.0 Å². The number of piperidine rings is 1. The molecule has 33 heavy (non-hydrogen) atoms. The highest BCUT2D eigenvalue weighted by Gasteiger charge is 2.27. The first-order valence-corrected chi connectivity index (χ1v) is 11.2. The number of halogens is 1. The van der Waals surface area contributed by atoms with Gasteiger partial charge in [0.1, 0.15) is 10.8 Å². The van der Waals surface area contributed by atoms with Gasteiger partial charge < -0.3 is 25.0 Å². The van der Waals surface area contributed by atoms with Gasteiger partial charge in [-0.1, -0.05) is 23.5 Å². The molecule has 3 heterocycles. The number of fused-ring (bicyclic) bond motifs is 1. The lowest BCUT2D eigenvalue weighted by atomic mass is 9.98. The number of carbonyl (C=O) groups excluding carboxylic acids is 2. The van der Waals surface area contributed by atoms with E-state index in [1.807, 2.05) is 0 Å². The summed E-state index contributed by atoms with van der Waals surface area (Å²) in [5, 5.41) is 14.5. The molecule has 2 aliphatic rings. The smallest absolute Gasteiger partial charge is 0.321 e. The van der Waals surface area contributed by atoms with Crippen molar-refractivity contribution in [1.82, 2.24) is 15.1 Å². The lowest BCUT2D eigenvalue weighted by molar-refractivity contribution is 0.102. The van der Waals surface area contributed by atoms with E-state index < -0.39 is 11.7 Å². The maximum atomic E-state index is 13.8. The van der Waals surface area contributed by atoms with Crippen LogP contribution in [0, 0.1) is 5.82 Å². The van der Waals surface area contributed by atoms with Gasteiger partial charge in [0.2, 0.25) is 11.8 Å². The molecule has 0 saturated carbocycles. The highest BCUT2D eigenvalue weighted by Crippen LogP contribution is 2.35. The van der Waals surface area contributed by atoms with E-state index in [-0.39, 0.29) is 29.4 Å². The van der Waals surface area contributed by atoms with Crippen LogP contribution in [0.1, 0.15) is 33.6 Å². The van der Waals surface area contributed by atoms with Gasteiger partial charge in [0.15, 0.2) is 11.5 Å². The number of likely N-dealkylation sites (tertiary alicyclic amines) is 1. The molecule has 1 fully saturated rings. The molecule has 1 aromatic heterocycles. The second-order valence-corrected chi connectivity index (χ2v) is 8.65. The zero-order valence-corrected chi connectivity index (χ0v) is 18.2. The van der Waals surface area contributed by atoms with E-state index in [1.54, 1.807) is 35.2 Å². The van der Waals surface area contributed by atoms with Crippen LogP contribution in [0.15, 0.2) is 42.5 Å². The van der Waals surface area contributed by atoms with Crippen LogP contribution < -0.4 is 20.1 Å². The Morgan fingerprint density at radius 2 is 1.82 bits per heavy atom. The molecule has 3 aromatic rings. The lowest BCUT2D eigenvalue weighted by Gasteiger charge is -2.31. The summed E-state index contributed by atoms with van der Waals surface area (Å²) in [6, 6.07) is 11.0. The summed E-state index contributed by atoms with van der Waals surface area (Å²) in [6.45, 7) is 1.28. The first-order chi connectivity index (χ1) is 16.1. The van der Waals surface area contributed by atoms with Gasteiger partial charge in [-0.25, -0.2) is 9.18 Å². The summed E-state index contributed by atoms with van der Waals surface area (Å²) in [6.07, 6.45) is 1.41. The monoisotopic (exact) mass is 469 g/mol. The highest BCUT2D eigenvalue weighted by atomic mass is 32.1. The largest absolute Gasteiger partial charge is 0.454 e. The van der Waals surface area contributed by atoms with E-state index in [0.717, 1.165) is 5.01 Å². The number of nitrogens with one attached hydrogen (secondary N) is 2. The van der Waals surface area contributed by atoms with Crippen molar-refractivity contribution in [2.75, 3.05) is 30.5 Å². The maximum Gasteiger partial charge on any atom is 0.321 e. The molecular weight excluding hydrogens is 449 g/mol. The minimum atomic E-state index is -0.512. The molecule has 0 aliphatic carbocycles. The summed E-state index contributed by atoms with van der Waals surface area (Å²) < 4.78 is 24.4. The van der Waals surface area contributed by atoms with Crippen molar-refractivity contribution in [2.24, 2.45) is 0 Å². The van der Waals surface area contributed by atoms with Crippen molar-refractivity contribution >= 4 is 34.6 Å². The van der Waals surface area contributed by atoms with E-state index >= 15 is 0 Å². The summed E-state index contributed by atoms with van der Waals surface area (Å²) in [4.78, 5) is 26.8. The second-order valence-electron chi connectivity index (χ2n) is 7.64. The zero-order valence-electron chi connectivity index (χ0n) is 17.4. The number of nitrogens with zero attached hydrogens (tertiary/aromatic N) is 3. The molecule has 0 spiro atoms. The van der Waals surface area contributed by atoms with Gasteiger partial charge in [0.05, 0.1) is 5.69 Å². The molecular formula is C22H20FN5O4S. The van der Waals surface area contributed by atoms with Gasteiger partial charge in [0, 0.05) is 30.8 Å². The van der Waals surface area contributed by atoms with E-state index in [1.165, 1.54) is 23.5 Å².